The Morgan fingerprint density at radius 1 is 1.24 bits per heavy atom. The number of imidazole rings is 1. The molecule has 0 saturated carbocycles. The number of anilines is 1. The van der Waals surface area contributed by atoms with Crippen LogP contribution in [0.4, 0.5) is 19.1 Å². The van der Waals surface area contributed by atoms with E-state index in [-0.39, 0.29) is 11.5 Å². The van der Waals surface area contributed by atoms with Gasteiger partial charge in [-0.25, -0.2) is 4.98 Å². The summed E-state index contributed by atoms with van der Waals surface area (Å²) in [4.78, 5) is 5.23. The van der Waals surface area contributed by atoms with Crippen LogP contribution in [0.3, 0.4) is 0 Å². The molecular weight excluding hydrogens is 299 g/mol. The second kappa shape index (κ2) is 5.07. The van der Waals surface area contributed by atoms with Gasteiger partial charge in [-0.05, 0) is 36.1 Å². The zero-order chi connectivity index (χ0) is 15.0. The number of nitrogen functional groups attached to an aromatic ring is 1. The molecule has 0 amide bonds. The van der Waals surface area contributed by atoms with E-state index in [1.54, 1.807) is 15.9 Å². The summed E-state index contributed by atoms with van der Waals surface area (Å²) >= 11 is 1.64. The Morgan fingerprint density at radius 3 is 2.71 bits per heavy atom. The van der Waals surface area contributed by atoms with Gasteiger partial charge in [0, 0.05) is 11.4 Å². The monoisotopic (exact) mass is 311 g/mol. The summed E-state index contributed by atoms with van der Waals surface area (Å²) in [7, 11) is 0. The molecule has 0 aliphatic heterocycles. The van der Waals surface area contributed by atoms with Gasteiger partial charge in [-0.1, -0.05) is 6.07 Å². The predicted molar refractivity (Wildman–Crippen MR) is 77.2 cm³/mol. The lowest BCUT2D eigenvalue weighted by Gasteiger charge is -2.07. The van der Waals surface area contributed by atoms with E-state index >= 15 is 0 Å². The first-order valence-electron chi connectivity index (χ1n) is 6.30. The maximum absolute atomic E-state index is 12.7. The highest BCUT2D eigenvalue weighted by molar-refractivity contribution is 7.09. The number of thiophene rings is 1. The number of rotatable bonds is 3. The number of fused-ring (bicyclic) bond motifs is 1. The Kier molecular flexibility index (Phi) is 3.36. The minimum Gasteiger partial charge on any atom is -0.369 e. The van der Waals surface area contributed by atoms with Crippen LogP contribution in [0.1, 0.15) is 10.4 Å². The Bertz CT molecular complexity index is 760. The number of benzene rings is 1. The van der Waals surface area contributed by atoms with Gasteiger partial charge in [-0.3, -0.25) is 0 Å². The summed E-state index contributed by atoms with van der Waals surface area (Å²) in [5.74, 6) is 0.237. The lowest BCUT2D eigenvalue weighted by atomic mass is 10.2. The molecule has 2 aromatic heterocycles. The number of aromatic nitrogens is 2. The normalized spacial score (nSPS) is 12.1. The molecule has 0 aliphatic carbocycles. The van der Waals surface area contributed by atoms with Crippen molar-refractivity contribution in [2.24, 2.45) is 0 Å². The van der Waals surface area contributed by atoms with Crippen molar-refractivity contribution in [2.45, 2.75) is 19.1 Å². The van der Waals surface area contributed by atoms with E-state index in [9.17, 15) is 13.2 Å². The van der Waals surface area contributed by atoms with Gasteiger partial charge in [0.1, 0.15) is 0 Å². The molecule has 7 heteroatoms. The first-order chi connectivity index (χ1) is 9.95. The van der Waals surface area contributed by atoms with Crippen LogP contribution >= 0.6 is 11.3 Å². The fourth-order valence-corrected chi connectivity index (χ4v) is 2.93. The van der Waals surface area contributed by atoms with Gasteiger partial charge in [-0.2, -0.15) is 13.2 Å². The topological polar surface area (TPSA) is 43.8 Å². The zero-order valence-corrected chi connectivity index (χ0v) is 11.7. The van der Waals surface area contributed by atoms with Gasteiger partial charge in [0.05, 0.1) is 16.6 Å². The van der Waals surface area contributed by atoms with Gasteiger partial charge in [0.15, 0.2) is 0 Å². The number of hydrogen-bond acceptors (Lipinski definition) is 3. The molecular formula is C14H12F3N3S. The van der Waals surface area contributed by atoms with Crippen LogP contribution < -0.4 is 5.73 Å². The van der Waals surface area contributed by atoms with Gasteiger partial charge < -0.3 is 10.3 Å². The van der Waals surface area contributed by atoms with Crippen molar-refractivity contribution in [1.29, 1.82) is 0 Å². The number of nitrogens with zero attached hydrogens (tertiary/aromatic N) is 2. The lowest BCUT2D eigenvalue weighted by Crippen LogP contribution is -2.06. The highest BCUT2D eigenvalue weighted by atomic mass is 32.1. The molecule has 0 spiro atoms. The highest BCUT2D eigenvalue weighted by Crippen LogP contribution is 2.31. The summed E-state index contributed by atoms with van der Waals surface area (Å²) in [6.07, 6.45) is -3.60. The van der Waals surface area contributed by atoms with Crippen molar-refractivity contribution in [2.75, 3.05) is 5.73 Å². The van der Waals surface area contributed by atoms with Gasteiger partial charge in [-0.15, -0.1) is 11.3 Å². The molecule has 0 aliphatic rings. The summed E-state index contributed by atoms with van der Waals surface area (Å²) in [6, 6.07) is 7.50. The second-order valence-electron chi connectivity index (χ2n) is 4.65. The Balaban J connectivity index is 1.94. The average Bonchev–Trinajstić information content (AvgIpc) is 3.01. The number of halogens is 3. The number of aryl methyl sites for hydroxylation is 2. The van der Waals surface area contributed by atoms with Crippen LogP contribution in [-0.4, -0.2) is 9.55 Å². The molecule has 110 valence electrons. The molecule has 0 bridgehead atoms. The molecule has 21 heavy (non-hydrogen) atoms. The van der Waals surface area contributed by atoms with Gasteiger partial charge in [0.2, 0.25) is 5.95 Å². The van der Waals surface area contributed by atoms with Gasteiger partial charge in [0.25, 0.3) is 0 Å². The van der Waals surface area contributed by atoms with Crippen LogP contribution in [0, 0.1) is 0 Å². The van der Waals surface area contributed by atoms with Crippen LogP contribution in [0.25, 0.3) is 11.0 Å². The van der Waals surface area contributed by atoms with Crippen LogP contribution in [-0.2, 0) is 19.1 Å². The van der Waals surface area contributed by atoms with E-state index in [1.165, 1.54) is 10.9 Å². The standard InChI is InChI=1S/C14H12F3N3S/c15-14(16,17)9-3-4-12-11(8-9)19-13(18)20(12)6-5-10-2-1-7-21-10/h1-4,7-8H,5-6H2,(H2,18,19). The first-order valence-corrected chi connectivity index (χ1v) is 7.18. The Morgan fingerprint density at radius 2 is 2.05 bits per heavy atom. The maximum Gasteiger partial charge on any atom is 0.416 e. The third kappa shape index (κ3) is 2.73. The third-order valence-electron chi connectivity index (χ3n) is 3.27. The maximum atomic E-state index is 12.7. The quantitative estimate of drug-likeness (QED) is 0.796. The van der Waals surface area contributed by atoms with E-state index in [4.69, 9.17) is 5.73 Å². The molecule has 0 atom stereocenters. The molecule has 3 aromatic rings. The molecule has 2 N–H and O–H groups in total. The number of alkyl halides is 3. The van der Waals surface area contributed by atoms with Crippen LogP contribution in [0.2, 0.25) is 0 Å². The van der Waals surface area contributed by atoms with Crippen molar-refractivity contribution < 1.29 is 13.2 Å². The first kappa shape index (κ1) is 13.9. The fourth-order valence-electron chi connectivity index (χ4n) is 2.24. The third-order valence-corrected chi connectivity index (χ3v) is 4.20. The SMILES string of the molecule is Nc1nc2cc(C(F)(F)F)ccc2n1CCc1cccs1. The molecule has 0 fully saturated rings. The van der Waals surface area contributed by atoms with Crippen molar-refractivity contribution >= 4 is 28.3 Å². The Labute approximate surface area is 122 Å². The zero-order valence-electron chi connectivity index (χ0n) is 10.9. The molecule has 3 rings (SSSR count). The summed E-state index contributed by atoms with van der Waals surface area (Å²) in [5, 5.41) is 1.99. The van der Waals surface area contributed by atoms with Crippen molar-refractivity contribution in [3.05, 3.63) is 46.2 Å². The number of hydrogen-bond donors (Lipinski definition) is 1. The van der Waals surface area contributed by atoms with E-state index in [2.05, 4.69) is 4.98 Å². The van der Waals surface area contributed by atoms with Crippen LogP contribution in [0.15, 0.2) is 35.7 Å². The highest BCUT2D eigenvalue weighted by Gasteiger charge is 2.31. The summed E-state index contributed by atoms with van der Waals surface area (Å²) < 4.78 is 39.8. The van der Waals surface area contributed by atoms with E-state index < -0.39 is 11.7 Å². The molecule has 2 heterocycles. The van der Waals surface area contributed by atoms with Gasteiger partial charge >= 0.3 is 6.18 Å². The lowest BCUT2D eigenvalue weighted by molar-refractivity contribution is -0.137. The van der Waals surface area contributed by atoms with Crippen molar-refractivity contribution in [1.82, 2.24) is 9.55 Å². The second-order valence-corrected chi connectivity index (χ2v) is 5.68. The van der Waals surface area contributed by atoms with Crippen molar-refractivity contribution in [3.8, 4) is 0 Å². The largest absolute Gasteiger partial charge is 0.416 e. The van der Waals surface area contributed by atoms with Crippen LogP contribution in [0.5, 0.6) is 0 Å². The Hall–Kier alpha value is -2.02. The molecule has 0 radical (unpaired) electrons. The molecule has 1 aromatic carbocycles. The fraction of sp³-hybridized carbons (Fsp3) is 0.214. The van der Waals surface area contributed by atoms with E-state index in [0.29, 0.717) is 12.1 Å². The molecule has 0 unspecified atom stereocenters. The smallest absolute Gasteiger partial charge is 0.369 e. The average molecular weight is 311 g/mol. The molecule has 3 nitrogen and oxygen atoms in total. The van der Waals surface area contributed by atoms with Crippen molar-refractivity contribution in [3.63, 3.8) is 0 Å². The predicted octanol–water partition coefficient (Wildman–Crippen LogP) is 3.94. The van der Waals surface area contributed by atoms with E-state index in [1.807, 2.05) is 17.5 Å². The summed E-state index contributed by atoms with van der Waals surface area (Å²) in [6.45, 7) is 0.591. The minimum absolute atomic E-state index is 0.237. The number of nitrogens with two attached hydrogens (primary N) is 1. The summed E-state index contributed by atoms with van der Waals surface area (Å²) in [5.41, 5.74) is 6.01. The van der Waals surface area contributed by atoms with E-state index in [0.717, 1.165) is 18.6 Å². The molecule has 0 saturated heterocycles. The minimum atomic E-state index is -4.37.